The zero-order valence-corrected chi connectivity index (χ0v) is 11.1. The Morgan fingerprint density at radius 2 is 1.90 bits per heavy atom. The fraction of sp³-hybridized carbons (Fsp3) is 0. The van der Waals surface area contributed by atoms with Gasteiger partial charge < -0.3 is 5.11 Å². The van der Waals surface area contributed by atoms with E-state index in [1.807, 2.05) is 0 Å². The number of aromatic carboxylic acids is 1. The summed E-state index contributed by atoms with van der Waals surface area (Å²) in [7, 11) is 0. The summed E-state index contributed by atoms with van der Waals surface area (Å²) in [5.41, 5.74) is -1.08. The van der Waals surface area contributed by atoms with Crippen molar-refractivity contribution >= 4 is 23.4 Å². The fourth-order valence-corrected chi connectivity index (χ4v) is 2.49. The lowest BCUT2D eigenvalue weighted by atomic mass is 10.2. The normalized spacial score (nSPS) is 10.4. The summed E-state index contributed by atoms with van der Waals surface area (Å²) >= 11 is 0.768. The molecule has 0 amide bonds. The van der Waals surface area contributed by atoms with Crippen molar-refractivity contribution in [2.24, 2.45) is 0 Å². The van der Waals surface area contributed by atoms with Gasteiger partial charge in [0.1, 0.15) is 17.2 Å². The van der Waals surface area contributed by atoms with Gasteiger partial charge in [-0.3, -0.25) is 10.1 Å². The van der Waals surface area contributed by atoms with E-state index < -0.39 is 33.8 Å². The summed E-state index contributed by atoms with van der Waals surface area (Å²) in [6, 6.07) is 6.22. The quantitative estimate of drug-likeness (QED) is 0.687. The SMILES string of the molecule is O=C(O)c1ccc(Sc2cc(F)ccc2F)cc1[N+](=O)[O-]. The number of hydrogen-bond acceptors (Lipinski definition) is 4. The molecular formula is C13H7F2NO4S. The number of halogens is 2. The number of rotatable bonds is 4. The number of carboxylic acid groups (broad SMARTS) is 1. The molecule has 0 aliphatic carbocycles. The first kappa shape index (κ1) is 14.9. The van der Waals surface area contributed by atoms with Crippen molar-refractivity contribution in [1.82, 2.24) is 0 Å². The van der Waals surface area contributed by atoms with Crippen LogP contribution in [0.5, 0.6) is 0 Å². The molecule has 2 aromatic rings. The van der Waals surface area contributed by atoms with Crippen molar-refractivity contribution in [3.63, 3.8) is 0 Å². The highest BCUT2D eigenvalue weighted by Crippen LogP contribution is 2.33. The topological polar surface area (TPSA) is 80.4 Å². The fourth-order valence-electron chi connectivity index (χ4n) is 1.59. The lowest BCUT2D eigenvalue weighted by molar-refractivity contribution is -0.385. The number of benzene rings is 2. The standard InChI is InChI=1S/C13H7F2NO4S/c14-7-1-4-10(15)12(5-7)21-8-2-3-9(13(17)18)11(6-8)16(19)20/h1-6H,(H,17,18). The summed E-state index contributed by atoms with van der Waals surface area (Å²) < 4.78 is 26.6. The van der Waals surface area contributed by atoms with Crippen LogP contribution >= 0.6 is 11.8 Å². The van der Waals surface area contributed by atoms with Crippen LogP contribution in [0.4, 0.5) is 14.5 Å². The highest BCUT2D eigenvalue weighted by Gasteiger charge is 2.20. The van der Waals surface area contributed by atoms with Gasteiger partial charge in [-0.15, -0.1) is 0 Å². The molecule has 0 spiro atoms. The molecule has 0 bridgehead atoms. The molecule has 21 heavy (non-hydrogen) atoms. The maximum Gasteiger partial charge on any atom is 0.342 e. The Hall–Kier alpha value is -2.48. The molecule has 108 valence electrons. The Balaban J connectivity index is 2.41. The Morgan fingerprint density at radius 3 is 2.52 bits per heavy atom. The van der Waals surface area contributed by atoms with Crippen molar-refractivity contribution in [2.45, 2.75) is 9.79 Å². The van der Waals surface area contributed by atoms with Gasteiger partial charge in [-0.05, 0) is 30.3 Å². The second-order valence-electron chi connectivity index (χ2n) is 3.92. The average molecular weight is 311 g/mol. The van der Waals surface area contributed by atoms with E-state index in [0.717, 1.165) is 42.1 Å². The molecule has 0 atom stereocenters. The molecule has 8 heteroatoms. The molecule has 5 nitrogen and oxygen atoms in total. The summed E-state index contributed by atoms with van der Waals surface area (Å²) in [5, 5.41) is 19.7. The Morgan fingerprint density at radius 1 is 1.19 bits per heavy atom. The summed E-state index contributed by atoms with van der Waals surface area (Å²) in [6.07, 6.45) is 0. The van der Waals surface area contributed by atoms with Gasteiger partial charge in [0.25, 0.3) is 5.69 Å². The lowest BCUT2D eigenvalue weighted by Crippen LogP contribution is -2.02. The zero-order valence-electron chi connectivity index (χ0n) is 10.2. The first-order valence-corrected chi connectivity index (χ1v) is 6.35. The second-order valence-corrected chi connectivity index (χ2v) is 5.03. The van der Waals surface area contributed by atoms with E-state index in [1.54, 1.807) is 0 Å². The minimum absolute atomic E-state index is 0.0487. The number of carboxylic acids is 1. The molecule has 0 saturated carbocycles. The van der Waals surface area contributed by atoms with Crippen molar-refractivity contribution in [3.05, 3.63) is 63.7 Å². The number of nitro benzene ring substituents is 1. The van der Waals surface area contributed by atoms with E-state index in [1.165, 1.54) is 6.07 Å². The monoisotopic (exact) mass is 311 g/mol. The third-order valence-corrected chi connectivity index (χ3v) is 3.54. The Bertz CT molecular complexity index is 736. The summed E-state index contributed by atoms with van der Waals surface area (Å²) in [4.78, 5) is 21.1. The maximum absolute atomic E-state index is 13.5. The van der Waals surface area contributed by atoms with Gasteiger partial charge in [0.15, 0.2) is 0 Å². The number of carbonyl (C=O) groups is 1. The molecule has 2 rings (SSSR count). The van der Waals surface area contributed by atoms with Crippen LogP contribution in [0, 0.1) is 21.7 Å². The second kappa shape index (κ2) is 5.88. The third kappa shape index (κ3) is 3.34. The molecule has 0 aliphatic rings. The van der Waals surface area contributed by atoms with Gasteiger partial charge in [0.2, 0.25) is 0 Å². The van der Waals surface area contributed by atoms with Crippen molar-refractivity contribution in [1.29, 1.82) is 0 Å². The highest BCUT2D eigenvalue weighted by atomic mass is 32.2. The molecule has 0 heterocycles. The van der Waals surface area contributed by atoms with E-state index in [-0.39, 0.29) is 9.79 Å². The minimum Gasteiger partial charge on any atom is -0.477 e. The molecule has 2 aromatic carbocycles. The Labute approximate surface area is 121 Å². The van der Waals surface area contributed by atoms with Crippen molar-refractivity contribution < 1.29 is 23.6 Å². The van der Waals surface area contributed by atoms with E-state index in [2.05, 4.69) is 0 Å². The van der Waals surface area contributed by atoms with Gasteiger partial charge in [-0.1, -0.05) is 11.8 Å². The third-order valence-electron chi connectivity index (χ3n) is 2.52. The highest BCUT2D eigenvalue weighted by molar-refractivity contribution is 7.99. The van der Waals surface area contributed by atoms with Gasteiger partial charge in [0, 0.05) is 11.0 Å². The predicted molar refractivity (Wildman–Crippen MR) is 70.5 cm³/mol. The van der Waals surface area contributed by atoms with Crippen LogP contribution in [-0.2, 0) is 0 Å². The zero-order chi connectivity index (χ0) is 15.6. The van der Waals surface area contributed by atoms with Crippen LogP contribution in [0.15, 0.2) is 46.2 Å². The van der Waals surface area contributed by atoms with E-state index in [0.29, 0.717) is 0 Å². The van der Waals surface area contributed by atoms with Crippen LogP contribution in [-0.4, -0.2) is 16.0 Å². The molecule has 0 radical (unpaired) electrons. The number of nitrogens with zero attached hydrogens (tertiary/aromatic N) is 1. The van der Waals surface area contributed by atoms with Gasteiger partial charge in [-0.2, -0.15) is 0 Å². The molecule has 0 fully saturated rings. The van der Waals surface area contributed by atoms with Crippen molar-refractivity contribution in [2.75, 3.05) is 0 Å². The molecule has 1 N–H and O–H groups in total. The van der Waals surface area contributed by atoms with E-state index in [4.69, 9.17) is 5.11 Å². The van der Waals surface area contributed by atoms with Gasteiger partial charge >= 0.3 is 5.97 Å². The number of nitro groups is 1. The van der Waals surface area contributed by atoms with Crippen LogP contribution in [0.3, 0.4) is 0 Å². The molecule has 0 unspecified atom stereocenters. The van der Waals surface area contributed by atoms with Gasteiger partial charge in [0.05, 0.1) is 9.82 Å². The minimum atomic E-state index is -1.44. The van der Waals surface area contributed by atoms with Crippen LogP contribution < -0.4 is 0 Å². The molecule has 0 saturated heterocycles. The first-order chi connectivity index (χ1) is 9.88. The van der Waals surface area contributed by atoms with Crippen LogP contribution in [0.25, 0.3) is 0 Å². The molecule has 0 aliphatic heterocycles. The molecular weight excluding hydrogens is 304 g/mol. The number of hydrogen-bond donors (Lipinski definition) is 1. The lowest BCUT2D eigenvalue weighted by Gasteiger charge is -2.05. The smallest absolute Gasteiger partial charge is 0.342 e. The summed E-state index contributed by atoms with van der Waals surface area (Å²) in [5.74, 6) is -2.75. The first-order valence-electron chi connectivity index (χ1n) is 5.53. The van der Waals surface area contributed by atoms with E-state index >= 15 is 0 Å². The Kier molecular flexibility index (Phi) is 4.18. The van der Waals surface area contributed by atoms with E-state index in [9.17, 15) is 23.7 Å². The summed E-state index contributed by atoms with van der Waals surface area (Å²) in [6.45, 7) is 0. The average Bonchev–Trinajstić information content (AvgIpc) is 2.42. The molecule has 0 aromatic heterocycles. The maximum atomic E-state index is 13.5. The van der Waals surface area contributed by atoms with Crippen molar-refractivity contribution in [3.8, 4) is 0 Å². The predicted octanol–water partition coefficient (Wildman–Crippen LogP) is 3.72. The van der Waals surface area contributed by atoms with Crippen LogP contribution in [0.1, 0.15) is 10.4 Å². The van der Waals surface area contributed by atoms with Gasteiger partial charge in [-0.25, -0.2) is 13.6 Å². The van der Waals surface area contributed by atoms with Crippen LogP contribution in [0.2, 0.25) is 0 Å². The largest absolute Gasteiger partial charge is 0.477 e.